The van der Waals surface area contributed by atoms with Gasteiger partial charge in [0.05, 0.1) is 12.7 Å². The number of hydrogen-bond acceptors (Lipinski definition) is 6. The Balaban J connectivity index is 1.63. The van der Waals surface area contributed by atoms with Crippen molar-refractivity contribution < 1.29 is 14.0 Å². The second kappa shape index (κ2) is 6.12. The Morgan fingerprint density at radius 3 is 2.86 bits per heavy atom. The van der Waals surface area contributed by atoms with Crippen LogP contribution in [0, 0.1) is 0 Å². The third kappa shape index (κ3) is 3.07. The van der Waals surface area contributed by atoms with Crippen molar-refractivity contribution in [3.63, 3.8) is 0 Å². The molecule has 0 saturated carbocycles. The molecule has 3 heterocycles. The van der Waals surface area contributed by atoms with Crippen LogP contribution in [-0.4, -0.2) is 16.8 Å². The summed E-state index contributed by atoms with van der Waals surface area (Å²) in [5, 5.41) is 7.46. The molecule has 3 rings (SSSR count). The van der Waals surface area contributed by atoms with Gasteiger partial charge >= 0.3 is 0 Å². The lowest BCUT2D eigenvalue weighted by molar-refractivity contribution is 0.0951. The normalized spacial score (nSPS) is 10.5. The third-order valence-corrected chi connectivity index (χ3v) is 4.55. The highest BCUT2D eigenvalue weighted by molar-refractivity contribution is 7.17. The number of nitrogens with one attached hydrogen (secondary N) is 1. The van der Waals surface area contributed by atoms with E-state index in [0.29, 0.717) is 10.6 Å². The number of furan rings is 1. The summed E-state index contributed by atoms with van der Waals surface area (Å²) < 4.78 is 5.20. The molecule has 112 valence electrons. The summed E-state index contributed by atoms with van der Waals surface area (Å²) in [6, 6.07) is 5.04. The van der Waals surface area contributed by atoms with Crippen LogP contribution in [0.15, 0.2) is 39.6 Å². The maximum atomic E-state index is 12.1. The van der Waals surface area contributed by atoms with E-state index in [1.807, 2.05) is 16.8 Å². The van der Waals surface area contributed by atoms with E-state index in [1.165, 1.54) is 17.4 Å². The molecular weight excluding hydrogens is 322 g/mol. The van der Waals surface area contributed by atoms with Gasteiger partial charge in [0.25, 0.3) is 11.8 Å². The first-order valence-corrected chi connectivity index (χ1v) is 8.04. The van der Waals surface area contributed by atoms with Gasteiger partial charge in [-0.05, 0) is 23.6 Å². The minimum Gasteiger partial charge on any atom is -0.454 e. The fourth-order valence-electron chi connectivity index (χ4n) is 1.76. The first kappa shape index (κ1) is 14.5. The van der Waals surface area contributed by atoms with Crippen LogP contribution in [0.2, 0.25) is 0 Å². The topological polar surface area (TPSA) is 98.2 Å². The lowest BCUT2D eigenvalue weighted by atomic mass is 10.4. The molecule has 2 amide bonds. The molecule has 0 spiro atoms. The molecule has 0 bridgehead atoms. The number of rotatable bonds is 5. The number of thiophene rings is 1. The monoisotopic (exact) mass is 333 g/mol. The number of nitrogens with two attached hydrogens (primary N) is 1. The number of hydrogen-bond donors (Lipinski definition) is 2. The van der Waals surface area contributed by atoms with E-state index in [4.69, 9.17) is 10.2 Å². The van der Waals surface area contributed by atoms with Gasteiger partial charge in [0, 0.05) is 10.9 Å². The van der Waals surface area contributed by atoms with Crippen LogP contribution in [-0.2, 0) is 6.54 Å². The number of nitrogens with zero attached hydrogens (tertiary/aromatic N) is 1. The van der Waals surface area contributed by atoms with Gasteiger partial charge in [-0.3, -0.25) is 9.59 Å². The molecule has 8 heteroatoms. The fraction of sp³-hybridized carbons (Fsp3) is 0.0714. The number of carbonyl (C=O) groups is 2. The number of carbonyl (C=O) groups excluding carboxylic acids is 2. The molecule has 0 aliphatic carbocycles. The summed E-state index contributed by atoms with van der Waals surface area (Å²) in [6.07, 6.45) is 1.55. The number of thiazole rings is 1. The maximum Gasteiger partial charge on any atom is 0.284 e. The summed E-state index contributed by atoms with van der Waals surface area (Å²) in [6.45, 7) is 0.178. The van der Waals surface area contributed by atoms with Crippen LogP contribution in [0.25, 0.3) is 10.6 Å². The average Bonchev–Trinajstić information content (AvgIpc) is 3.23. The minimum absolute atomic E-state index is 0.0711. The summed E-state index contributed by atoms with van der Waals surface area (Å²) in [5.41, 5.74) is 6.10. The summed E-state index contributed by atoms with van der Waals surface area (Å²) >= 11 is 2.90. The second-order valence-corrected chi connectivity index (χ2v) is 6.17. The standard InChI is InChI=1S/C14H11N3O3S2/c15-12(18)10-2-1-9(20-10)5-16-13(19)11-6-17-14(22-11)8-3-4-21-7-8/h1-4,6-7H,5H2,(H2,15,18)(H,16,19). The predicted octanol–water partition coefficient (Wildman–Crippen LogP) is 2.49. The van der Waals surface area contributed by atoms with E-state index < -0.39 is 5.91 Å². The Labute approximate surface area is 133 Å². The van der Waals surface area contributed by atoms with Gasteiger partial charge in [0.15, 0.2) is 5.76 Å². The van der Waals surface area contributed by atoms with Crippen molar-refractivity contribution in [1.82, 2.24) is 10.3 Å². The van der Waals surface area contributed by atoms with Crippen molar-refractivity contribution in [2.24, 2.45) is 5.73 Å². The van der Waals surface area contributed by atoms with Crippen molar-refractivity contribution >= 4 is 34.5 Å². The predicted molar refractivity (Wildman–Crippen MR) is 83.8 cm³/mol. The number of amides is 2. The summed E-state index contributed by atoms with van der Waals surface area (Å²) in [5.74, 6) is -0.344. The lowest BCUT2D eigenvalue weighted by Gasteiger charge is -2.00. The van der Waals surface area contributed by atoms with Crippen LogP contribution in [0.1, 0.15) is 26.0 Å². The molecule has 0 aromatic carbocycles. The zero-order valence-corrected chi connectivity index (χ0v) is 12.9. The van der Waals surface area contributed by atoms with Gasteiger partial charge in [0.2, 0.25) is 0 Å². The lowest BCUT2D eigenvalue weighted by Crippen LogP contribution is -2.21. The van der Waals surface area contributed by atoms with Crippen molar-refractivity contribution in [2.75, 3.05) is 0 Å². The molecule has 0 saturated heterocycles. The number of aromatic nitrogens is 1. The van der Waals surface area contributed by atoms with Crippen LogP contribution in [0.3, 0.4) is 0 Å². The van der Waals surface area contributed by atoms with E-state index in [1.54, 1.807) is 23.6 Å². The Hall–Kier alpha value is -2.45. The SMILES string of the molecule is NC(=O)c1ccc(CNC(=O)c2cnc(-c3ccsc3)s2)o1. The molecule has 6 nitrogen and oxygen atoms in total. The van der Waals surface area contributed by atoms with Crippen molar-refractivity contribution in [3.05, 3.63) is 51.6 Å². The van der Waals surface area contributed by atoms with Gasteiger partial charge in [-0.2, -0.15) is 11.3 Å². The quantitative estimate of drug-likeness (QED) is 0.749. The molecule has 22 heavy (non-hydrogen) atoms. The minimum atomic E-state index is -0.638. The maximum absolute atomic E-state index is 12.1. The first-order chi connectivity index (χ1) is 10.6. The molecule has 3 aromatic heterocycles. The van der Waals surface area contributed by atoms with Gasteiger partial charge < -0.3 is 15.5 Å². The van der Waals surface area contributed by atoms with Crippen LogP contribution in [0.4, 0.5) is 0 Å². The molecule has 0 aliphatic heterocycles. The highest BCUT2D eigenvalue weighted by Crippen LogP contribution is 2.26. The fourth-order valence-corrected chi connectivity index (χ4v) is 3.30. The van der Waals surface area contributed by atoms with Crippen molar-refractivity contribution in [1.29, 1.82) is 0 Å². The van der Waals surface area contributed by atoms with E-state index in [9.17, 15) is 9.59 Å². The van der Waals surface area contributed by atoms with Crippen LogP contribution in [0.5, 0.6) is 0 Å². The zero-order chi connectivity index (χ0) is 15.5. The molecule has 0 aliphatic rings. The van der Waals surface area contributed by atoms with Crippen LogP contribution < -0.4 is 11.1 Å². The van der Waals surface area contributed by atoms with E-state index in [-0.39, 0.29) is 18.2 Å². The molecule has 0 unspecified atom stereocenters. The van der Waals surface area contributed by atoms with Crippen molar-refractivity contribution in [2.45, 2.75) is 6.54 Å². The van der Waals surface area contributed by atoms with E-state index >= 15 is 0 Å². The summed E-state index contributed by atoms with van der Waals surface area (Å²) in [7, 11) is 0. The Kier molecular flexibility index (Phi) is 4.03. The largest absolute Gasteiger partial charge is 0.454 e. The molecule has 0 radical (unpaired) electrons. The molecule has 3 aromatic rings. The van der Waals surface area contributed by atoms with E-state index in [2.05, 4.69) is 10.3 Å². The second-order valence-electron chi connectivity index (χ2n) is 4.35. The smallest absolute Gasteiger partial charge is 0.284 e. The molecular formula is C14H11N3O3S2. The number of primary amides is 1. The Morgan fingerprint density at radius 1 is 1.32 bits per heavy atom. The molecule has 3 N–H and O–H groups in total. The molecule has 0 atom stereocenters. The van der Waals surface area contributed by atoms with E-state index in [0.717, 1.165) is 10.6 Å². The highest BCUT2D eigenvalue weighted by atomic mass is 32.1. The zero-order valence-electron chi connectivity index (χ0n) is 11.2. The van der Waals surface area contributed by atoms with Gasteiger partial charge in [-0.1, -0.05) is 0 Å². The Morgan fingerprint density at radius 2 is 2.18 bits per heavy atom. The van der Waals surface area contributed by atoms with Crippen LogP contribution >= 0.6 is 22.7 Å². The summed E-state index contributed by atoms with van der Waals surface area (Å²) in [4.78, 5) is 27.8. The van der Waals surface area contributed by atoms with Crippen molar-refractivity contribution in [3.8, 4) is 10.6 Å². The Bertz CT molecular complexity index is 805. The van der Waals surface area contributed by atoms with Gasteiger partial charge in [0.1, 0.15) is 15.6 Å². The third-order valence-electron chi connectivity index (χ3n) is 2.83. The highest BCUT2D eigenvalue weighted by Gasteiger charge is 2.13. The van der Waals surface area contributed by atoms with Gasteiger partial charge in [-0.25, -0.2) is 4.98 Å². The average molecular weight is 333 g/mol. The first-order valence-electron chi connectivity index (χ1n) is 6.28. The molecule has 0 fully saturated rings. The van der Waals surface area contributed by atoms with Gasteiger partial charge in [-0.15, -0.1) is 11.3 Å².